The van der Waals surface area contributed by atoms with E-state index < -0.39 is 0 Å². The number of likely N-dealkylation sites (N-methyl/N-ethyl adjacent to an activating group) is 1. The summed E-state index contributed by atoms with van der Waals surface area (Å²) in [4.78, 5) is 14.1. The summed E-state index contributed by atoms with van der Waals surface area (Å²) in [5.41, 5.74) is 1.22. The molecule has 0 spiro atoms. The fourth-order valence-electron chi connectivity index (χ4n) is 3.04. The van der Waals surface area contributed by atoms with Crippen LogP contribution in [0.15, 0.2) is 24.3 Å². The highest BCUT2D eigenvalue weighted by atomic mass is 35.5. The van der Waals surface area contributed by atoms with Crippen LogP contribution < -0.4 is 15.4 Å². The number of piperidine rings is 1. The van der Waals surface area contributed by atoms with Gasteiger partial charge in [-0.2, -0.15) is 0 Å². The van der Waals surface area contributed by atoms with Gasteiger partial charge in [0.05, 0.1) is 0 Å². The van der Waals surface area contributed by atoms with Gasteiger partial charge >= 0.3 is 0 Å². The number of ether oxygens (including phenoxy) is 1. The predicted octanol–water partition coefficient (Wildman–Crippen LogP) is 2.91. The van der Waals surface area contributed by atoms with Crippen LogP contribution in [0.25, 0.3) is 0 Å². The van der Waals surface area contributed by atoms with Crippen LogP contribution in [0.2, 0.25) is 0 Å². The Kier molecular flexibility index (Phi) is 14.4. The normalized spacial score (nSPS) is 14.2. The van der Waals surface area contributed by atoms with Crippen molar-refractivity contribution in [2.24, 2.45) is 5.92 Å². The highest BCUT2D eigenvalue weighted by Crippen LogP contribution is 2.17. The van der Waals surface area contributed by atoms with Gasteiger partial charge in [-0.25, -0.2) is 0 Å². The van der Waals surface area contributed by atoms with Crippen molar-refractivity contribution in [1.29, 1.82) is 0 Å². The van der Waals surface area contributed by atoms with E-state index in [4.69, 9.17) is 4.74 Å². The van der Waals surface area contributed by atoms with Gasteiger partial charge in [-0.15, -0.1) is 24.8 Å². The summed E-state index contributed by atoms with van der Waals surface area (Å²) in [6, 6.07) is 8.16. The minimum absolute atomic E-state index is 0. The number of hydrogen-bond acceptors (Lipinski definition) is 4. The third-order valence-electron chi connectivity index (χ3n) is 4.70. The number of benzene rings is 1. The van der Waals surface area contributed by atoms with E-state index in [0.29, 0.717) is 25.5 Å². The molecule has 1 aromatic rings. The molecule has 0 aromatic heterocycles. The van der Waals surface area contributed by atoms with E-state index in [1.54, 1.807) is 0 Å². The highest BCUT2D eigenvalue weighted by Gasteiger charge is 2.14. The Balaban J connectivity index is 0.00000338. The number of carbonyl (C=O) groups excluding carboxylic acids is 1. The van der Waals surface area contributed by atoms with Gasteiger partial charge < -0.3 is 20.3 Å². The van der Waals surface area contributed by atoms with Gasteiger partial charge in [0.25, 0.3) is 0 Å². The lowest BCUT2D eigenvalue weighted by Gasteiger charge is -2.22. The van der Waals surface area contributed by atoms with Crippen LogP contribution in [0.1, 0.15) is 31.2 Å². The van der Waals surface area contributed by atoms with Gasteiger partial charge in [0, 0.05) is 19.5 Å². The zero-order chi connectivity index (χ0) is 17.9. The van der Waals surface area contributed by atoms with Crippen LogP contribution in [0, 0.1) is 5.92 Å². The van der Waals surface area contributed by atoms with Crippen molar-refractivity contribution in [2.45, 2.75) is 32.1 Å². The smallest absolute Gasteiger partial charge is 0.220 e. The molecule has 0 saturated carbocycles. The third kappa shape index (κ3) is 11.4. The molecule has 1 aliphatic rings. The minimum Gasteiger partial charge on any atom is -0.492 e. The lowest BCUT2D eigenvalue weighted by molar-refractivity contribution is -0.121. The number of nitrogens with zero attached hydrogens (tertiary/aromatic N) is 1. The van der Waals surface area contributed by atoms with Crippen molar-refractivity contribution >= 4 is 30.7 Å². The van der Waals surface area contributed by atoms with Crippen LogP contribution in [-0.4, -0.2) is 57.7 Å². The number of halogens is 2. The first-order valence-corrected chi connectivity index (χ1v) is 9.47. The van der Waals surface area contributed by atoms with E-state index in [1.807, 2.05) is 26.2 Å². The summed E-state index contributed by atoms with van der Waals surface area (Å²) < 4.78 is 5.69. The third-order valence-corrected chi connectivity index (χ3v) is 4.70. The van der Waals surface area contributed by atoms with Crippen molar-refractivity contribution in [3.05, 3.63) is 29.8 Å². The van der Waals surface area contributed by atoms with Crippen molar-refractivity contribution in [1.82, 2.24) is 15.5 Å². The van der Waals surface area contributed by atoms with Crippen molar-refractivity contribution in [3.8, 4) is 5.75 Å². The Hall–Kier alpha value is -1.01. The van der Waals surface area contributed by atoms with Gasteiger partial charge in [-0.3, -0.25) is 4.79 Å². The second-order valence-corrected chi connectivity index (χ2v) is 7.13. The summed E-state index contributed by atoms with van der Waals surface area (Å²) in [6.07, 6.45) is 4.94. The molecule has 0 radical (unpaired) electrons. The van der Waals surface area contributed by atoms with E-state index in [2.05, 4.69) is 27.7 Å². The van der Waals surface area contributed by atoms with Crippen LogP contribution in [0.5, 0.6) is 5.75 Å². The molecule has 1 fully saturated rings. The van der Waals surface area contributed by atoms with E-state index in [-0.39, 0.29) is 30.7 Å². The highest BCUT2D eigenvalue weighted by molar-refractivity contribution is 5.85. The SMILES string of the molecule is CN(C)CCOc1ccc(CCNC(=O)CCC2CCNCC2)cc1.Cl.Cl. The second-order valence-electron chi connectivity index (χ2n) is 7.13. The molecule has 0 atom stereocenters. The van der Waals surface area contributed by atoms with Crippen LogP contribution >= 0.6 is 24.8 Å². The zero-order valence-electron chi connectivity index (χ0n) is 16.5. The maximum absolute atomic E-state index is 12.0. The summed E-state index contributed by atoms with van der Waals surface area (Å²) in [5.74, 6) is 1.80. The van der Waals surface area contributed by atoms with Crippen molar-refractivity contribution in [3.63, 3.8) is 0 Å². The van der Waals surface area contributed by atoms with E-state index in [1.165, 1.54) is 18.4 Å². The molecule has 1 saturated heterocycles. The molecule has 7 heteroatoms. The van der Waals surface area contributed by atoms with Crippen molar-refractivity contribution < 1.29 is 9.53 Å². The first-order valence-electron chi connectivity index (χ1n) is 9.47. The van der Waals surface area contributed by atoms with Crippen LogP contribution in [-0.2, 0) is 11.2 Å². The predicted molar refractivity (Wildman–Crippen MR) is 117 cm³/mol. The van der Waals surface area contributed by atoms with E-state index in [9.17, 15) is 4.79 Å². The molecule has 1 heterocycles. The largest absolute Gasteiger partial charge is 0.492 e. The quantitative estimate of drug-likeness (QED) is 0.611. The van der Waals surface area contributed by atoms with Gasteiger partial charge in [0.15, 0.2) is 0 Å². The molecule has 1 aromatic carbocycles. The number of rotatable bonds is 10. The Bertz CT molecular complexity index is 506. The van der Waals surface area contributed by atoms with E-state index >= 15 is 0 Å². The van der Waals surface area contributed by atoms with Gasteiger partial charge in [-0.1, -0.05) is 12.1 Å². The average molecular weight is 420 g/mol. The standard InChI is InChI=1S/C20H33N3O2.2ClH/c1-23(2)15-16-25-19-6-3-17(4-7-19)11-14-22-20(24)8-5-18-9-12-21-13-10-18;;/h3-4,6-7,18,21H,5,8-16H2,1-2H3,(H,22,24);2*1H. The summed E-state index contributed by atoms with van der Waals surface area (Å²) in [6.45, 7) is 4.50. The topological polar surface area (TPSA) is 53.6 Å². The van der Waals surface area contributed by atoms with Crippen molar-refractivity contribution in [2.75, 3.05) is 46.9 Å². The van der Waals surface area contributed by atoms with Gasteiger partial charge in [0.2, 0.25) is 5.91 Å². The Morgan fingerprint density at radius 1 is 1.19 bits per heavy atom. The molecule has 27 heavy (non-hydrogen) atoms. The molecule has 0 unspecified atom stereocenters. The Morgan fingerprint density at radius 3 is 2.48 bits per heavy atom. The summed E-state index contributed by atoms with van der Waals surface area (Å²) in [7, 11) is 4.07. The van der Waals surface area contributed by atoms with Gasteiger partial charge in [-0.05, 0) is 76.5 Å². The maximum atomic E-state index is 12.0. The van der Waals surface area contributed by atoms with Crippen LogP contribution in [0.4, 0.5) is 0 Å². The Morgan fingerprint density at radius 2 is 1.85 bits per heavy atom. The zero-order valence-corrected chi connectivity index (χ0v) is 18.2. The minimum atomic E-state index is 0. The fourth-order valence-corrected chi connectivity index (χ4v) is 3.04. The number of carbonyl (C=O) groups is 1. The molecule has 2 N–H and O–H groups in total. The fraction of sp³-hybridized carbons (Fsp3) is 0.650. The molecule has 5 nitrogen and oxygen atoms in total. The maximum Gasteiger partial charge on any atom is 0.220 e. The number of hydrogen-bond donors (Lipinski definition) is 2. The molecule has 0 aliphatic carbocycles. The number of nitrogens with one attached hydrogen (secondary N) is 2. The summed E-state index contributed by atoms with van der Waals surface area (Å²) >= 11 is 0. The lowest BCUT2D eigenvalue weighted by atomic mass is 9.93. The van der Waals surface area contributed by atoms with E-state index in [0.717, 1.165) is 38.2 Å². The monoisotopic (exact) mass is 419 g/mol. The average Bonchev–Trinajstić information content (AvgIpc) is 2.62. The molecule has 0 bridgehead atoms. The molecule has 1 amide bonds. The first kappa shape index (κ1) is 26.0. The second kappa shape index (κ2) is 15.0. The molecule has 2 rings (SSSR count). The lowest BCUT2D eigenvalue weighted by Crippen LogP contribution is -2.30. The first-order chi connectivity index (χ1) is 12.1. The molecule has 156 valence electrons. The molecule has 1 aliphatic heterocycles. The molecular weight excluding hydrogens is 385 g/mol. The number of amides is 1. The van der Waals surface area contributed by atoms with Crippen LogP contribution in [0.3, 0.4) is 0 Å². The summed E-state index contributed by atoms with van der Waals surface area (Å²) in [5, 5.41) is 6.40. The molecular formula is C20H35Cl2N3O2. The Labute approximate surface area is 176 Å². The van der Waals surface area contributed by atoms with Gasteiger partial charge in [0.1, 0.15) is 12.4 Å².